The van der Waals surface area contributed by atoms with Gasteiger partial charge in [0.15, 0.2) is 23.1 Å². The molecule has 0 saturated heterocycles. The van der Waals surface area contributed by atoms with Crippen molar-refractivity contribution in [2.75, 3.05) is 45.3 Å². The van der Waals surface area contributed by atoms with E-state index in [-0.39, 0.29) is 71.6 Å². The van der Waals surface area contributed by atoms with Gasteiger partial charge in [0.2, 0.25) is 0 Å². The van der Waals surface area contributed by atoms with Gasteiger partial charge in [-0.3, -0.25) is 10.2 Å². The zero-order valence-corrected chi connectivity index (χ0v) is 24.7. The third kappa shape index (κ3) is 6.58. The van der Waals surface area contributed by atoms with Crippen LogP contribution in [-0.4, -0.2) is 61.6 Å². The number of rotatable bonds is 12. The lowest BCUT2D eigenvalue weighted by molar-refractivity contribution is 0.0962. The summed E-state index contributed by atoms with van der Waals surface area (Å²) in [5.74, 6) is 0.0340. The predicted molar refractivity (Wildman–Crippen MR) is 153 cm³/mol. The molecule has 0 bridgehead atoms. The largest absolute Gasteiger partial charge is 0.494 e. The van der Waals surface area contributed by atoms with E-state index >= 15 is 4.39 Å². The lowest BCUT2D eigenvalue weighted by atomic mass is 9.84. The summed E-state index contributed by atoms with van der Waals surface area (Å²) in [5, 5.41) is 21.1. The maximum Gasteiger partial charge on any atom is 0.197 e. The number of fused-ring (bicyclic) bond motifs is 1. The van der Waals surface area contributed by atoms with Crippen molar-refractivity contribution >= 4 is 34.3 Å². The van der Waals surface area contributed by atoms with E-state index in [9.17, 15) is 9.90 Å². The van der Waals surface area contributed by atoms with E-state index in [1.807, 2.05) is 33.8 Å². The molecule has 0 amide bonds. The van der Waals surface area contributed by atoms with Crippen LogP contribution in [0.1, 0.15) is 68.1 Å². The second-order valence-electron chi connectivity index (χ2n) is 9.90. The molecule has 0 unspecified atom stereocenters. The number of Topliss-reactive ketones (excluding diaryl/α,β-unsaturated/α-hetero) is 1. The molecular weight excluding hydrogens is 557 g/mol. The number of halogens is 2. The molecule has 0 aromatic heterocycles. The second-order valence-corrected chi connectivity index (χ2v) is 9.90. The van der Waals surface area contributed by atoms with E-state index in [1.165, 1.54) is 0 Å². The highest BCUT2D eigenvalue weighted by molar-refractivity contribution is 8.93. The molecule has 0 atom stereocenters. The Bertz CT molecular complexity index is 1170. The number of amidine groups is 1. The normalized spacial score (nSPS) is 12.6. The molecule has 1 heterocycles. The number of carbonyl (C=O) groups is 1. The number of anilines is 1. The van der Waals surface area contributed by atoms with Crippen molar-refractivity contribution in [1.82, 2.24) is 4.90 Å². The number of hydrogen-bond donors (Lipinski definition) is 3. The van der Waals surface area contributed by atoms with Crippen LogP contribution in [0, 0.1) is 11.2 Å². The lowest BCUT2D eigenvalue weighted by Crippen LogP contribution is -2.30. The van der Waals surface area contributed by atoms with Gasteiger partial charge in [-0.2, -0.15) is 0 Å². The van der Waals surface area contributed by atoms with Gasteiger partial charge in [0, 0.05) is 30.8 Å². The third-order valence-corrected chi connectivity index (χ3v) is 6.18. The van der Waals surface area contributed by atoms with Crippen LogP contribution >= 0.6 is 17.0 Å². The number of hydrogen-bond acceptors (Lipinski definition) is 7. The number of nitrogens with one attached hydrogen (secondary N) is 2. The second kappa shape index (κ2) is 13.3. The Morgan fingerprint density at radius 2 is 1.84 bits per heavy atom. The number of methoxy groups -OCH3 is 1. The highest BCUT2D eigenvalue weighted by Gasteiger charge is 2.33. The van der Waals surface area contributed by atoms with Crippen molar-refractivity contribution in [1.29, 1.82) is 5.41 Å². The average molecular weight is 597 g/mol. The number of nitrogens with zero attached hydrogens (tertiary/aromatic N) is 1. The van der Waals surface area contributed by atoms with E-state index < -0.39 is 5.82 Å². The van der Waals surface area contributed by atoms with E-state index in [0.29, 0.717) is 47.9 Å². The summed E-state index contributed by atoms with van der Waals surface area (Å²) in [7, 11) is 1.59. The van der Waals surface area contributed by atoms with E-state index in [0.717, 1.165) is 5.56 Å². The molecule has 38 heavy (non-hydrogen) atoms. The van der Waals surface area contributed by atoms with Crippen molar-refractivity contribution < 1.29 is 28.5 Å². The van der Waals surface area contributed by atoms with Crippen LogP contribution in [0.15, 0.2) is 18.2 Å². The monoisotopic (exact) mass is 595 g/mol. The molecule has 0 aliphatic carbocycles. The summed E-state index contributed by atoms with van der Waals surface area (Å²) < 4.78 is 32.2. The zero-order chi connectivity index (χ0) is 27.3. The van der Waals surface area contributed by atoms with Crippen molar-refractivity contribution in [3.05, 3.63) is 46.3 Å². The Hall–Kier alpha value is -2.85. The van der Waals surface area contributed by atoms with Gasteiger partial charge >= 0.3 is 0 Å². The first-order valence-electron chi connectivity index (χ1n) is 12.6. The number of ketones is 1. The Morgan fingerprint density at radius 3 is 2.42 bits per heavy atom. The van der Waals surface area contributed by atoms with Crippen molar-refractivity contribution in [2.45, 2.75) is 53.0 Å². The Morgan fingerprint density at radius 1 is 1.16 bits per heavy atom. The maximum absolute atomic E-state index is 15.4. The molecule has 210 valence electrons. The first-order chi connectivity index (χ1) is 17.6. The molecule has 8 nitrogen and oxygen atoms in total. The van der Waals surface area contributed by atoms with Crippen LogP contribution < -0.4 is 19.5 Å². The van der Waals surface area contributed by atoms with E-state index in [2.05, 4.69) is 5.32 Å². The SMILES string of the molecule is Br.CCOc1cc2c(c(F)c1OCC)C(=N)N(CC(=O)c1cc(NCCCO)c(OC)c(C(C)(C)C)c1)C2. The highest BCUT2D eigenvalue weighted by atomic mass is 79.9. The van der Waals surface area contributed by atoms with Gasteiger partial charge < -0.3 is 29.5 Å². The van der Waals surface area contributed by atoms with Gasteiger partial charge in [-0.25, -0.2) is 4.39 Å². The highest BCUT2D eigenvalue weighted by Crippen LogP contribution is 2.40. The summed E-state index contributed by atoms with van der Waals surface area (Å²) in [6.45, 7) is 11.0. The number of aliphatic hydroxyl groups is 1. The van der Waals surface area contributed by atoms with Crippen molar-refractivity contribution in [3.8, 4) is 17.2 Å². The number of ether oxygens (including phenoxy) is 3. The molecule has 1 aliphatic rings. The Labute approximate surface area is 234 Å². The molecule has 0 radical (unpaired) electrons. The average Bonchev–Trinajstić information content (AvgIpc) is 3.15. The van der Waals surface area contributed by atoms with Crippen LogP contribution in [0.3, 0.4) is 0 Å². The maximum atomic E-state index is 15.4. The summed E-state index contributed by atoms with van der Waals surface area (Å²) >= 11 is 0. The number of aliphatic hydroxyl groups excluding tert-OH is 1. The molecular formula is C28H39BrFN3O5. The quantitative estimate of drug-likeness (QED) is 0.225. The smallest absolute Gasteiger partial charge is 0.197 e. The first-order valence-corrected chi connectivity index (χ1v) is 12.6. The standard InChI is InChI=1S/C28H38FN3O5.BrH/c1-7-36-22-14-18-15-32(27(30)23(18)24(29)26(22)37-8-2)16-21(34)17-12-19(28(3,4)5)25(35-6)20(13-17)31-10-9-11-33;/h12-14,30-31,33H,7-11,15-16H2,1-6H3;1H. The predicted octanol–water partition coefficient (Wildman–Crippen LogP) is 5.33. The summed E-state index contributed by atoms with van der Waals surface area (Å²) in [4.78, 5) is 15.0. The molecule has 3 N–H and O–H groups in total. The molecule has 3 rings (SSSR count). The molecule has 2 aromatic rings. The Kier molecular flexibility index (Phi) is 11.0. The van der Waals surface area contributed by atoms with Crippen molar-refractivity contribution in [2.24, 2.45) is 0 Å². The van der Waals surface area contributed by atoms with Gasteiger partial charge in [-0.1, -0.05) is 20.8 Å². The molecule has 0 fully saturated rings. The first kappa shape index (κ1) is 31.4. The van der Waals surface area contributed by atoms with E-state index in [4.69, 9.17) is 19.6 Å². The minimum absolute atomic E-state index is 0. The summed E-state index contributed by atoms with van der Waals surface area (Å²) in [5.41, 5.74) is 2.41. The van der Waals surface area contributed by atoms with Crippen molar-refractivity contribution in [3.63, 3.8) is 0 Å². The zero-order valence-electron chi connectivity index (χ0n) is 23.0. The Balaban J connectivity index is 0.00000507. The van der Waals surface area contributed by atoms with Crippen LogP contribution in [0.2, 0.25) is 0 Å². The fraction of sp³-hybridized carbons (Fsp3) is 0.500. The van der Waals surface area contributed by atoms with Crippen LogP contribution in [0.25, 0.3) is 0 Å². The molecule has 2 aromatic carbocycles. The number of benzene rings is 2. The number of carbonyl (C=O) groups excluding carboxylic acids is 1. The van der Waals surface area contributed by atoms with Gasteiger partial charge in [-0.05, 0) is 49.4 Å². The summed E-state index contributed by atoms with van der Waals surface area (Å²) in [6, 6.07) is 5.26. The minimum Gasteiger partial charge on any atom is -0.494 e. The molecule has 1 aliphatic heterocycles. The molecule has 0 spiro atoms. The topological polar surface area (TPSA) is 104 Å². The van der Waals surface area contributed by atoms with Gasteiger partial charge in [0.05, 0.1) is 38.1 Å². The third-order valence-electron chi connectivity index (χ3n) is 6.18. The van der Waals surface area contributed by atoms with Gasteiger partial charge in [0.25, 0.3) is 0 Å². The van der Waals surface area contributed by atoms with Crippen LogP contribution in [-0.2, 0) is 12.0 Å². The fourth-order valence-electron chi connectivity index (χ4n) is 4.42. The fourth-order valence-corrected chi connectivity index (χ4v) is 4.42. The summed E-state index contributed by atoms with van der Waals surface area (Å²) in [6.07, 6.45) is 0.550. The van der Waals surface area contributed by atoms with Gasteiger partial charge in [-0.15, -0.1) is 17.0 Å². The van der Waals surface area contributed by atoms with Crippen LogP contribution in [0.5, 0.6) is 17.2 Å². The van der Waals surface area contributed by atoms with E-state index in [1.54, 1.807) is 31.1 Å². The van der Waals surface area contributed by atoms with Crippen LogP contribution in [0.4, 0.5) is 10.1 Å². The molecule has 10 heteroatoms. The molecule has 0 saturated carbocycles. The minimum atomic E-state index is -0.641. The lowest BCUT2D eigenvalue weighted by Gasteiger charge is -2.26. The van der Waals surface area contributed by atoms with Gasteiger partial charge in [0.1, 0.15) is 11.6 Å².